The average molecular weight is 266 g/mol. The lowest BCUT2D eigenvalue weighted by Gasteiger charge is -2.17. The van der Waals surface area contributed by atoms with Crippen molar-refractivity contribution in [2.45, 2.75) is 26.4 Å². The van der Waals surface area contributed by atoms with Crippen molar-refractivity contribution < 1.29 is 9.47 Å². The van der Waals surface area contributed by atoms with Crippen LogP contribution in [0, 0.1) is 0 Å². The smallest absolute Gasteiger partial charge is 0.121 e. The Hall–Kier alpha value is -1.26. The molecule has 0 heterocycles. The molecular weight excluding hydrogens is 240 g/mol. The van der Waals surface area contributed by atoms with Gasteiger partial charge in [0.15, 0.2) is 0 Å². The van der Waals surface area contributed by atoms with Crippen molar-refractivity contribution in [2.24, 2.45) is 0 Å². The van der Waals surface area contributed by atoms with Gasteiger partial charge in [0.25, 0.3) is 0 Å². The molecule has 1 aromatic rings. The first-order valence-electron chi connectivity index (χ1n) is 6.86. The molecule has 0 unspecified atom stereocenters. The molecule has 0 amide bonds. The second kappa shape index (κ2) is 8.77. The van der Waals surface area contributed by atoms with Gasteiger partial charge in [-0.15, -0.1) is 0 Å². The zero-order valence-electron chi connectivity index (χ0n) is 12.3. The first-order valence-corrected chi connectivity index (χ1v) is 6.86. The van der Waals surface area contributed by atoms with Gasteiger partial charge in [-0.05, 0) is 39.4 Å². The standard InChI is InChI=1S/C15H26N2O2/c1-13(2)18-11-9-17(3)8-5-10-19-15-7-4-6-14(16)12-15/h4,6-7,12-13H,5,8-11,16H2,1-3H3. The number of rotatable bonds is 9. The van der Waals surface area contributed by atoms with Gasteiger partial charge in [-0.1, -0.05) is 6.07 Å². The van der Waals surface area contributed by atoms with Crippen molar-refractivity contribution in [3.8, 4) is 5.75 Å². The van der Waals surface area contributed by atoms with Gasteiger partial charge in [0.2, 0.25) is 0 Å². The van der Waals surface area contributed by atoms with E-state index in [2.05, 4.69) is 25.8 Å². The second-order valence-corrected chi connectivity index (χ2v) is 5.00. The van der Waals surface area contributed by atoms with Crippen molar-refractivity contribution >= 4 is 5.69 Å². The number of hydrogen-bond donors (Lipinski definition) is 1. The first kappa shape index (κ1) is 15.8. The summed E-state index contributed by atoms with van der Waals surface area (Å²) in [6, 6.07) is 7.53. The summed E-state index contributed by atoms with van der Waals surface area (Å²) in [5, 5.41) is 0. The largest absolute Gasteiger partial charge is 0.493 e. The van der Waals surface area contributed by atoms with E-state index in [1.807, 2.05) is 24.3 Å². The third-order valence-electron chi connectivity index (χ3n) is 2.74. The Labute approximate surface area is 116 Å². The Morgan fingerprint density at radius 3 is 2.68 bits per heavy atom. The highest BCUT2D eigenvalue weighted by atomic mass is 16.5. The van der Waals surface area contributed by atoms with Gasteiger partial charge in [0, 0.05) is 24.8 Å². The van der Waals surface area contributed by atoms with Gasteiger partial charge >= 0.3 is 0 Å². The summed E-state index contributed by atoms with van der Waals surface area (Å²) in [5.74, 6) is 0.839. The van der Waals surface area contributed by atoms with Crippen LogP contribution in [-0.4, -0.2) is 44.4 Å². The Balaban J connectivity index is 2.07. The van der Waals surface area contributed by atoms with Crippen LogP contribution in [0.4, 0.5) is 5.69 Å². The van der Waals surface area contributed by atoms with Crippen LogP contribution in [-0.2, 0) is 4.74 Å². The third kappa shape index (κ3) is 7.70. The SMILES string of the molecule is CC(C)OCCN(C)CCCOc1cccc(N)c1. The maximum Gasteiger partial charge on any atom is 0.121 e. The zero-order chi connectivity index (χ0) is 14.1. The molecule has 0 radical (unpaired) electrons. The van der Waals surface area contributed by atoms with E-state index in [0.717, 1.165) is 37.6 Å². The van der Waals surface area contributed by atoms with E-state index in [0.29, 0.717) is 12.7 Å². The predicted octanol–water partition coefficient (Wildman–Crippen LogP) is 2.39. The van der Waals surface area contributed by atoms with Crippen LogP contribution in [0.1, 0.15) is 20.3 Å². The molecule has 1 rings (SSSR count). The normalized spacial score (nSPS) is 11.2. The molecular formula is C15H26N2O2. The Morgan fingerprint density at radius 1 is 1.21 bits per heavy atom. The van der Waals surface area contributed by atoms with Gasteiger partial charge in [0.05, 0.1) is 19.3 Å². The number of nitrogens with zero attached hydrogens (tertiary/aromatic N) is 1. The van der Waals surface area contributed by atoms with Crippen LogP contribution in [0.5, 0.6) is 5.75 Å². The molecule has 0 aliphatic heterocycles. The number of ether oxygens (including phenoxy) is 2. The number of benzene rings is 1. The predicted molar refractivity (Wildman–Crippen MR) is 79.6 cm³/mol. The number of nitrogens with two attached hydrogens (primary N) is 1. The van der Waals surface area contributed by atoms with Gasteiger partial charge < -0.3 is 20.1 Å². The van der Waals surface area contributed by atoms with Crippen molar-refractivity contribution in [1.82, 2.24) is 4.90 Å². The highest BCUT2D eigenvalue weighted by Crippen LogP contribution is 2.14. The van der Waals surface area contributed by atoms with Crippen LogP contribution < -0.4 is 10.5 Å². The van der Waals surface area contributed by atoms with Gasteiger partial charge in [0.1, 0.15) is 5.75 Å². The molecule has 0 saturated heterocycles. The zero-order valence-corrected chi connectivity index (χ0v) is 12.3. The molecule has 1 aromatic carbocycles. The van der Waals surface area contributed by atoms with E-state index < -0.39 is 0 Å². The fraction of sp³-hybridized carbons (Fsp3) is 0.600. The molecule has 0 aliphatic rings. The van der Waals surface area contributed by atoms with E-state index in [1.165, 1.54) is 0 Å². The molecule has 0 aliphatic carbocycles. The molecule has 0 bridgehead atoms. The number of nitrogen functional groups attached to an aromatic ring is 1. The molecule has 0 fully saturated rings. The second-order valence-electron chi connectivity index (χ2n) is 5.00. The van der Waals surface area contributed by atoms with E-state index in [-0.39, 0.29) is 0 Å². The first-order chi connectivity index (χ1) is 9.08. The molecule has 2 N–H and O–H groups in total. The molecule has 0 spiro atoms. The summed E-state index contributed by atoms with van der Waals surface area (Å²) >= 11 is 0. The summed E-state index contributed by atoms with van der Waals surface area (Å²) in [7, 11) is 2.10. The molecule has 4 heteroatoms. The van der Waals surface area contributed by atoms with E-state index in [9.17, 15) is 0 Å². The lowest BCUT2D eigenvalue weighted by Crippen LogP contribution is -2.26. The van der Waals surface area contributed by atoms with E-state index in [1.54, 1.807) is 0 Å². The Morgan fingerprint density at radius 2 is 2.00 bits per heavy atom. The quantitative estimate of drug-likeness (QED) is 0.551. The van der Waals surface area contributed by atoms with E-state index >= 15 is 0 Å². The molecule has 19 heavy (non-hydrogen) atoms. The van der Waals surface area contributed by atoms with Crippen molar-refractivity contribution in [1.29, 1.82) is 0 Å². The molecule has 0 atom stereocenters. The Bertz CT molecular complexity index is 356. The highest BCUT2D eigenvalue weighted by Gasteiger charge is 2.00. The van der Waals surface area contributed by atoms with Crippen LogP contribution in [0.3, 0.4) is 0 Å². The molecule has 108 valence electrons. The lowest BCUT2D eigenvalue weighted by atomic mass is 10.3. The topological polar surface area (TPSA) is 47.7 Å². The third-order valence-corrected chi connectivity index (χ3v) is 2.74. The highest BCUT2D eigenvalue weighted by molar-refractivity contribution is 5.43. The van der Waals surface area contributed by atoms with Crippen LogP contribution in [0.25, 0.3) is 0 Å². The number of hydrogen-bond acceptors (Lipinski definition) is 4. The van der Waals surface area contributed by atoms with Crippen LogP contribution >= 0.6 is 0 Å². The number of likely N-dealkylation sites (N-methyl/N-ethyl adjacent to an activating group) is 1. The molecule has 4 nitrogen and oxygen atoms in total. The fourth-order valence-corrected chi connectivity index (χ4v) is 1.68. The van der Waals surface area contributed by atoms with E-state index in [4.69, 9.17) is 15.2 Å². The maximum atomic E-state index is 5.69. The lowest BCUT2D eigenvalue weighted by molar-refractivity contribution is 0.0630. The number of anilines is 1. The minimum atomic E-state index is 0.306. The minimum absolute atomic E-state index is 0.306. The summed E-state index contributed by atoms with van der Waals surface area (Å²) in [5.41, 5.74) is 6.42. The average Bonchev–Trinajstić information content (AvgIpc) is 2.34. The van der Waals surface area contributed by atoms with Crippen LogP contribution in [0.2, 0.25) is 0 Å². The molecule has 0 saturated carbocycles. The fourth-order valence-electron chi connectivity index (χ4n) is 1.68. The maximum absolute atomic E-state index is 5.69. The van der Waals surface area contributed by atoms with Crippen molar-refractivity contribution in [3.05, 3.63) is 24.3 Å². The summed E-state index contributed by atoms with van der Waals surface area (Å²) in [6.45, 7) is 7.56. The minimum Gasteiger partial charge on any atom is -0.493 e. The van der Waals surface area contributed by atoms with Crippen molar-refractivity contribution in [3.63, 3.8) is 0 Å². The van der Waals surface area contributed by atoms with Gasteiger partial charge in [-0.25, -0.2) is 0 Å². The molecule has 0 aromatic heterocycles. The summed E-state index contributed by atoms with van der Waals surface area (Å²) in [6.07, 6.45) is 1.30. The van der Waals surface area contributed by atoms with Crippen molar-refractivity contribution in [2.75, 3.05) is 39.1 Å². The van der Waals surface area contributed by atoms with Crippen LogP contribution in [0.15, 0.2) is 24.3 Å². The van der Waals surface area contributed by atoms with Gasteiger partial charge in [-0.3, -0.25) is 0 Å². The summed E-state index contributed by atoms with van der Waals surface area (Å²) in [4.78, 5) is 2.26. The Kier molecular flexibility index (Phi) is 7.30. The monoisotopic (exact) mass is 266 g/mol. The van der Waals surface area contributed by atoms with Gasteiger partial charge in [-0.2, -0.15) is 0 Å². The summed E-state index contributed by atoms with van der Waals surface area (Å²) < 4.78 is 11.2.